The SMILES string of the molecule is CCS(=O)(=O)c1c(-n2ncc3ccc(C(F)(F)F)cc3c2=O)nc2cc(NC)ccn12. The van der Waals surface area contributed by atoms with Gasteiger partial charge in [0.2, 0.25) is 0 Å². The van der Waals surface area contributed by atoms with Crippen LogP contribution in [0.15, 0.2) is 52.5 Å². The second-order valence-corrected chi connectivity index (χ2v) is 8.89. The fourth-order valence-corrected chi connectivity index (χ4v) is 4.33. The van der Waals surface area contributed by atoms with Gasteiger partial charge in [-0.3, -0.25) is 9.20 Å². The number of rotatable bonds is 4. The fourth-order valence-electron chi connectivity index (χ4n) is 3.20. The van der Waals surface area contributed by atoms with E-state index < -0.39 is 27.1 Å². The van der Waals surface area contributed by atoms with E-state index in [4.69, 9.17) is 0 Å². The number of hydrogen-bond donors (Lipinski definition) is 1. The highest BCUT2D eigenvalue weighted by Crippen LogP contribution is 2.31. The first-order valence-corrected chi connectivity index (χ1v) is 10.7. The Bertz CT molecular complexity index is 1490. The lowest BCUT2D eigenvalue weighted by atomic mass is 10.1. The minimum atomic E-state index is -4.64. The van der Waals surface area contributed by atoms with Crippen LogP contribution in [0.4, 0.5) is 18.9 Å². The summed E-state index contributed by atoms with van der Waals surface area (Å²) < 4.78 is 67.0. The van der Waals surface area contributed by atoms with E-state index in [0.29, 0.717) is 5.69 Å². The van der Waals surface area contributed by atoms with Crippen LogP contribution in [0.1, 0.15) is 12.5 Å². The molecule has 0 fully saturated rings. The van der Waals surface area contributed by atoms with Crippen LogP contribution < -0.4 is 10.9 Å². The Labute approximate surface area is 173 Å². The quantitative estimate of drug-likeness (QED) is 0.512. The van der Waals surface area contributed by atoms with E-state index in [1.807, 2.05) is 0 Å². The molecule has 0 aliphatic heterocycles. The first-order chi connectivity index (χ1) is 14.6. The molecule has 31 heavy (non-hydrogen) atoms. The third-order valence-corrected chi connectivity index (χ3v) is 6.57. The van der Waals surface area contributed by atoms with Crippen LogP contribution in [0.3, 0.4) is 0 Å². The first-order valence-electron chi connectivity index (χ1n) is 9.09. The van der Waals surface area contributed by atoms with Crippen molar-refractivity contribution in [2.45, 2.75) is 18.1 Å². The number of fused-ring (bicyclic) bond motifs is 2. The molecule has 0 spiro atoms. The zero-order valence-electron chi connectivity index (χ0n) is 16.3. The normalized spacial score (nSPS) is 12.5. The number of alkyl halides is 3. The molecule has 0 unspecified atom stereocenters. The van der Waals surface area contributed by atoms with Gasteiger partial charge in [-0.2, -0.15) is 23.0 Å². The molecule has 0 radical (unpaired) electrons. The highest BCUT2D eigenvalue weighted by Gasteiger charge is 2.31. The van der Waals surface area contributed by atoms with Gasteiger partial charge in [-0.1, -0.05) is 13.0 Å². The molecule has 3 heterocycles. The van der Waals surface area contributed by atoms with Crippen LogP contribution in [0.2, 0.25) is 0 Å². The number of sulfone groups is 1. The third kappa shape index (κ3) is 3.42. The van der Waals surface area contributed by atoms with Crippen molar-refractivity contribution in [1.29, 1.82) is 0 Å². The van der Waals surface area contributed by atoms with E-state index in [2.05, 4.69) is 15.4 Å². The molecule has 8 nitrogen and oxygen atoms in total. The van der Waals surface area contributed by atoms with Crippen LogP contribution in [0.25, 0.3) is 22.2 Å². The van der Waals surface area contributed by atoms with Gasteiger partial charge in [-0.05, 0) is 18.2 Å². The molecule has 0 atom stereocenters. The molecule has 0 aliphatic carbocycles. The van der Waals surface area contributed by atoms with Crippen molar-refractivity contribution in [3.05, 3.63) is 58.6 Å². The van der Waals surface area contributed by atoms with Gasteiger partial charge in [0.25, 0.3) is 5.56 Å². The summed E-state index contributed by atoms with van der Waals surface area (Å²) in [5.41, 5.74) is -1.02. The minimum absolute atomic E-state index is 0.190. The number of pyridine rings is 1. The molecule has 3 aromatic heterocycles. The maximum Gasteiger partial charge on any atom is 0.416 e. The molecule has 1 aromatic carbocycles. The maximum atomic E-state index is 13.1. The van der Waals surface area contributed by atoms with Crippen molar-refractivity contribution in [2.75, 3.05) is 18.1 Å². The van der Waals surface area contributed by atoms with E-state index in [-0.39, 0.29) is 33.0 Å². The molecular formula is C19H16F3N5O3S. The molecule has 0 amide bonds. The van der Waals surface area contributed by atoms with E-state index in [1.165, 1.54) is 23.7 Å². The zero-order valence-corrected chi connectivity index (χ0v) is 17.1. The Morgan fingerprint density at radius 2 is 1.90 bits per heavy atom. The molecule has 0 saturated carbocycles. The van der Waals surface area contributed by atoms with Crippen molar-refractivity contribution >= 4 is 31.9 Å². The lowest BCUT2D eigenvalue weighted by Crippen LogP contribution is -2.24. The van der Waals surface area contributed by atoms with E-state index in [0.717, 1.165) is 22.9 Å². The molecule has 12 heteroatoms. The van der Waals surface area contributed by atoms with Crippen LogP contribution in [-0.2, 0) is 16.0 Å². The number of halogens is 3. The van der Waals surface area contributed by atoms with Gasteiger partial charge in [0, 0.05) is 30.4 Å². The summed E-state index contributed by atoms with van der Waals surface area (Å²) in [6.07, 6.45) is -1.96. The summed E-state index contributed by atoms with van der Waals surface area (Å²) >= 11 is 0. The summed E-state index contributed by atoms with van der Waals surface area (Å²) in [7, 11) is -2.21. The van der Waals surface area contributed by atoms with Gasteiger partial charge in [0.1, 0.15) is 5.65 Å². The Balaban J connectivity index is 2.07. The summed E-state index contributed by atoms with van der Waals surface area (Å²) in [6.45, 7) is 1.44. The van der Waals surface area contributed by atoms with Crippen LogP contribution in [0, 0.1) is 0 Å². The average Bonchev–Trinajstić information content (AvgIpc) is 3.12. The van der Waals surface area contributed by atoms with Gasteiger partial charge in [-0.15, -0.1) is 0 Å². The standard InChI is InChI=1S/C19H16F3N5O3S/c1-3-31(29,30)18-16(25-15-9-13(23-2)6-7-26(15)18)27-17(28)14-8-12(19(20,21)22)5-4-11(14)10-24-27/h4-10,23H,3H2,1-2H3. The van der Waals surface area contributed by atoms with Gasteiger partial charge in [0.15, 0.2) is 20.7 Å². The Morgan fingerprint density at radius 1 is 1.16 bits per heavy atom. The van der Waals surface area contributed by atoms with Crippen molar-refractivity contribution in [1.82, 2.24) is 19.2 Å². The Kier molecular flexibility index (Phi) is 4.76. The molecular weight excluding hydrogens is 435 g/mol. The van der Waals surface area contributed by atoms with E-state index >= 15 is 0 Å². The average molecular weight is 451 g/mol. The zero-order chi connectivity index (χ0) is 22.6. The monoisotopic (exact) mass is 451 g/mol. The van der Waals surface area contributed by atoms with Crippen molar-refractivity contribution in [2.24, 2.45) is 0 Å². The summed E-state index contributed by atoms with van der Waals surface area (Å²) in [5.74, 6) is -0.554. The lowest BCUT2D eigenvalue weighted by Gasteiger charge is -2.09. The van der Waals surface area contributed by atoms with Gasteiger partial charge >= 0.3 is 6.18 Å². The summed E-state index contributed by atoms with van der Waals surface area (Å²) in [6, 6.07) is 5.92. The molecule has 4 aromatic rings. The van der Waals surface area contributed by atoms with Gasteiger partial charge in [0.05, 0.1) is 22.9 Å². The second kappa shape index (κ2) is 7.08. The Morgan fingerprint density at radius 3 is 2.55 bits per heavy atom. The number of anilines is 1. The largest absolute Gasteiger partial charge is 0.416 e. The fraction of sp³-hybridized carbons (Fsp3) is 0.211. The molecule has 1 N–H and O–H groups in total. The maximum absolute atomic E-state index is 13.1. The van der Waals surface area contributed by atoms with Crippen molar-refractivity contribution in [3.63, 3.8) is 0 Å². The predicted molar refractivity (Wildman–Crippen MR) is 108 cm³/mol. The number of nitrogens with zero attached hydrogens (tertiary/aromatic N) is 4. The number of hydrogen-bond acceptors (Lipinski definition) is 6. The van der Waals surface area contributed by atoms with E-state index in [9.17, 15) is 26.4 Å². The van der Waals surface area contributed by atoms with Crippen molar-refractivity contribution < 1.29 is 21.6 Å². The number of aromatic nitrogens is 4. The van der Waals surface area contributed by atoms with Crippen LogP contribution >= 0.6 is 0 Å². The molecule has 0 aliphatic rings. The van der Waals surface area contributed by atoms with Crippen molar-refractivity contribution in [3.8, 4) is 5.82 Å². The highest BCUT2D eigenvalue weighted by atomic mass is 32.2. The third-order valence-electron chi connectivity index (χ3n) is 4.84. The smallest absolute Gasteiger partial charge is 0.388 e. The van der Waals surface area contributed by atoms with Gasteiger partial charge in [-0.25, -0.2) is 13.4 Å². The minimum Gasteiger partial charge on any atom is -0.388 e. The van der Waals surface area contributed by atoms with Crippen LogP contribution in [0.5, 0.6) is 0 Å². The molecule has 162 valence electrons. The Hall–Kier alpha value is -3.41. The number of nitrogens with one attached hydrogen (secondary N) is 1. The summed E-state index contributed by atoms with van der Waals surface area (Å²) in [5, 5.41) is 6.55. The van der Waals surface area contributed by atoms with Gasteiger partial charge < -0.3 is 5.32 Å². The molecule has 4 rings (SSSR count). The topological polar surface area (TPSA) is 98.4 Å². The number of benzene rings is 1. The predicted octanol–water partition coefficient (Wildman–Crippen LogP) is 2.89. The number of imidazole rings is 1. The lowest BCUT2D eigenvalue weighted by molar-refractivity contribution is -0.137. The van der Waals surface area contributed by atoms with Crippen LogP contribution in [-0.4, -0.2) is 40.4 Å². The molecule has 0 saturated heterocycles. The summed E-state index contributed by atoms with van der Waals surface area (Å²) in [4.78, 5) is 17.3. The van der Waals surface area contributed by atoms with E-state index in [1.54, 1.807) is 19.2 Å². The second-order valence-electron chi connectivity index (χ2n) is 6.70. The molecule has 0 bridgehead atoms. The highest BCUT2D eigenvalue weighted by molar-refractivity contribution is 7.91. The first kappa shape index (κ1) is 20.8.